The van der Waals surface area contributed by atoms with Gasteiger partial charge < -0.3 is 14.4 Å². The van der Waals surface area contributed by atoms with Gasteiger partial charge in [0.05, 0.1) is 13.2 Å². The molecule has 1 aliphatic heterocycles. The second-order valence-corrected chi connectivity index (χ2v) is 5.39. The number of anilines is 1. The van der Waals surface area contributed by atoms with E-state index in [1.807, 2.05) is 31.2 Å². The van der Waals surface area contributed by atoms with Gasteiger partial charge in [0.1, 0.15) is 11.6 Å². The number of hydrogen-bond acceptors (Lipinski definition) is 6. The van der Waals surface area contributed by atoms with Crippen molar-refractivity contribution in [2.75, 3.05) is 24.6 Å². The van der Waals surface area contributed by atoms with Crippen LogP contribution in [0.5, 0.6) is 11.5 Å². The lowest BCUT2D eigenvalue weighted by molar-refractivity contribution is 0.209. The highest BCUT2D eigenvalue weighted by molar-refractivity contribution is 7.13. The summed E-state index contributed by atoms with van der Waals surface area (Å²) in [7, 11) is 0. The Morgan fingerprint density at radius 1 is 1.35 bits per heavy atom. The molecule has 0 bridgehead atoms. The van der Waals surface area contributed by atoms with Crippen molar-refractivity contribution in [3.05, 3.63) is 29.8 Å². The first-order valence-electron chi connectivity index (χ1n) is 6.76. The van der Waals surface area contributed by atoms with E-state index >= 15 is 0 Å². The summed E-state index contributed by atoms with van der Waals surface area (Å²) in [6.07, 6.45) is 1.15. The smallest absolute Gasteiger partial charge is 0.208 e. The minimum atomic E-state index is 0.167. The summed E-state index contributed by atoms with van der Waals surface area (Å²) in [6.45, 7) is 4.41. The molecule has 2 heterocycles. The third kappa shape index (κ3) is 2.85. The second kappa shape index (κ2) is 6.09. The summed E-state index contributed by atoms with van der Waals surface area (Å²) in [6, 6.07) is 7.82. The first-order valence-corrected chi connectivity index (χ1v) is 7.64. The van der Waals surface area contributed by atoms with E-state index in [9.17, 15) is 0 Å². The highest BCUT2D eigenvalue weighted by Gasteiger charge is 2.26. The Bertz CT molecular complexity index is 547. The summed E-state index contributed by atoms with van der Waals surface area (Å²) in [5, 5.41) is 8.95. The lowest BCUT2D eigenvalue weighted by atomic mass is 10.3. The number of hydrogen-bond donors (Lipinski definition) is 0. The zero-order valence-corrected chi connectivity index (χ0v) is 12.2. The monoisotopic (exact) mass is 291 g/mol. The van der Waals surface area contributed by atoms with E-state index in [1.165, 1.54) is 0 Å². The van der Waals surface area contributed by atoms with Gasteiger partial charge >= 0.3 is 0 Å². The van der Waals surface area contributed by atoms with E-state index in [0.29, 0.717) is 6.61 Å². The second-order valence-electron chi connectivity index (χ2n) is 4.58. The van der Waals surface area contributed by atoms with Gasteiger partial charge in [-0.2, -0.15) is 0 Å². The van der Waals surface area contributed by atoms with Gasteiger partial charge in [0.25, 0.3) is 0 Å². The first kappa shape index (κ1) is 13.2. The number of rotatable bonds is 5. The standard InChI is InChI=1S/C14H17N3O2S/c1-2-18-12-5-3-4-6-13(12)19-11-7-8-17(9-11)14-16-15-10-20-14/h3-6,10-11H,2,7-9H2,1H3. The molecule has 3 rings (SSSR count). The van der Waals surface area contributed by atoms with Gasteiger partial charge in [-0.1, -0.05) is 23.5 Å². The number of para-hydroxylation sites is 2. The predicted molar refractivity (Wildman–Crippen MR) is 78.8 cm³/mol. The van der Waals surface area contributed by atoms with Crippen LogP contribution < -0.4 is 14.4 Å². The van der Waals surface area contributed by atoms with E-state index < -0.39 is 0 Å². The van der Waals surface area contributed by atoms with Crippen molar-refractivity contribution < 1.29 is 9.47 Å². The summed E-state index contributed by atoms with van der Waals surface area (Å²) in [5.74, 6) is 1.63. The molecule has 1 atom stereocenters. The Balaban J connectivity index is 1.65. The average Bonchev–Trinajstić information content (AvgIpc) is 3.12. The number of ether oxygens (including phenoxy) is 2. The Labute approximate surface area is 122 Å². The number of nitrogens with zero attached hydrogens (tertiary/aromatic N) is 3. The van der Waals surface area contributed by atoms with Crippen LogP contribution in [0.2, 0.25) is 0 Å². The van der Waals surface area contributed by atoms with Crippen LogP contribution in [0.1, 0.15) is 13.3 Å². The predicted octanol–water partition coefficient (Wildman–Crippen LogP) is 2.59. The molecule has 0 N–H and O–H groups in total. The minimum absolute atomic E-state index is 0.167. The maximum absolute atomic E-state index is 6.08. The van der Waals surface area contributed by atoms with Crippen LogP contribution in [-0.2, 0) is 0 Å². The summed E-state index contributed by atoms with van der Waals surface area (Å²) < 4.78 is 11.7. The molecule has 1 aromatic carbocycles. The molecule has 1 saturated heterocycles. The lowest BCUT2D eigenvalue weighted by Crippen LogP contribution is -2.24. The zero-order chi connectivity index (χ0) is 13.8. The maximum atomic E-state index is 6.08. The molecule has 1 fully saturated rings. The maximum Gasteiger partial charge on any atom is 0.208 e. The highest BCUT2D eigenvalue weighted by Crippen LogP contribution is 2.30. The van der Waals surface area contributed by atoms with Crippen LogP contribution >= 0.6 is 11.3 Å². The van der Waals surface area contributed by atoms with Crippen LogP contribution in [0.4, 0.5) is 5.13 Å². The van der Waals surface area contributed by atoms with Crippen LogP contribution in [0, 0.1) is 0 Å². The third-order valence-corrected chi connectivity index (χ3v) is 3.96. The Hall–Kier alpha value is -1.82. The summed E-state index contributed by atoms with van der Waals surface area (Å²) in [5.41, 5.74) is 1.76. The van der Waals surface area contributed by atoms with Crippen molar-refractivity contribution in [3.63, 3.8) is 0 Å². The molecular weight excluding hydrogens is 274 g/mol. The van der Waals surface area contributed by atoms with E-state index in [2.05, 4.69) is 15.1 Å². The molecule has 0 aliphatic carbocycles. The van der Waals surface area contributed by atoms with Crippen molar-refractivity contribution in [1.82, 2.24) is 10.2 Å². The van der Waals surface area contributed by atoms with E-state index in [4.69, 9.17) is 9.47 Å². The van der Waals surface area contributed by atoms with Crippen molar-refractivity contribution in [2.45, 2.75) is 19.4 Å². The molecule has 0 spiro atoms. The van der Waals surface area contributed by atoms with Gasteiger partial charge in [0, 0.05) is 13.0 Å². The minimum Gasteiger partial charge on any atom is -0.490 e. The molecule has 6 heteroatoms. The molecule has 20 heavy (non-hydrogen) atoms. The molecule has 106 valence electrons. The van der Waals surface area contributed by atoms with Crippen molar-refractivity contribution >= 4 is 16.5 Å². The van der Waals surface area contributed by atoms with E-state index in [-0.39, 0.29) is 6.10 Å². The summed E-state index contributed by atoms with van der Waals surface area (Å²) >= 11 is 1.56. The molecule has 5 nitrogen and oxygen atoms in total. The lowest BCUT2D eigenvalue weighted by Gasteiger charge is -2.17. The molecule has 0 amide bonds. The quantitative estimate of drug-likeness (QED) is 0.847. The topological polar surface area (TPSA) is 47.5 Å². The van der Waals surface area contributed by atoms with Crippen LogP contribution in [0.15, 0.2) is 29.8 Å². The van der Waals surface area contributed by atoms with Gasteiger partial charge in [-0.3, -0.25) is 0 Å². The average molecular weight is 291 g/mol. The van der Waals surface area contributed by atoms with Crippen LogP contribution in [-0.4, -0.2) is 36.0 Å². The fourth-order valence-electron chi connectivity index (χ4n) is 2.30. The van der Waals surface area contributed by atoms with Crippen LogP contribution in [0.3, 0.4) is 0 Å². The molecule has 1 aromatic heterocycles. The molecule has 2 aromatic rings. The molecule has 1 unspecified atom stereocenters. The van der Waals surface area contributed by atoms with Crippen molar-refractivity contribution in [1.29, 1.82) is 0 Å². The number of aromatic nitrogens is 2. The van der Waals surface area contributed by atoms with Gasteiger partial charge in [0.15, 0.2) is 11.5 Å². The molecular formula is C14H17N3O2S. The van der Waals surface area contributed by atoms with Gasteiger partial charge in [-0.15, -0.1) is 10.2 Å². The van der Waals surface area contributed by atoms with E-state index in [1.54, 1.807) is 16.8 Å². The van der Waals surface area contributed by atoms with Gasteiger partial charge in [0.2, 0.25) is 5.13 Å². The van der Waals surface area contributed by atoms with Gasteiger partial charge in [-0.05, 0) is 19.1 Å². The normalized spacial score (nSPS) is 18.2. The van der Waals surface area contributed by atoms with Crippen molar-refractivity contribution in [2.24, 2.45) is 0 Å². The first-order chi connectivity index (χ1) is 9.86. The zero-order valence-electron chi connectivity index (χ0n) is 11.4. The highest BCUT2D eigenvalue weighted by atomic mass is 32.1. The summed E-state index contributed by atoms with van der Waals surface area (Å²) in [4.78, 5) is 2.21. The fraction of sp³-hybridized carbons (Fsp3) is 0.429. The molecule has 0 saturated carbocycles. The molecule has 0 radical (unpaired) electrons. The Morgan fingerprint density at radius 2 is 2.20 bits per heavy atom. The fourth-order valence-corrected chi connectivity index (χ4v) is 2.90. The Morgan fingerprint density at radius 3 is 2.95 bits per heavy atom. The third-order valence-electron chi connectivity index (χ3n) is 3.21. The van der Waals surface area contributed by atoms with E-state index in [0.717, 1.165) is 36.1 Å². The van der Waals surface area contributed by atoms with Crippen molar-refractivity contribution in [3.8, 4) is 11.5 Å². The SMILES string of the molecule is CCOc1ccccc1OC1CCN(c2nncs2)C1. The Kier molecular flexibility index (Phi) is 4.01. The number of benzene rings is 1. The van der Waals surface area contributed by atoms with Gasteiger partial charge in [-0.25, -0.2) is 0 Å². The van der Waals surface area contributed by atoms with Crippen LogP contribution in [0.25, 0.3) is 0 Å². The molecule has 1 aliphatic rings. The largest absolute Gasteiger partial charge is 0.490 e.